The number of nitro benzene ring substituents is 1. The van der Waals surface area contributed by atoms with Crippen molar-refractivity contribution >= 4 is 23.5 Å². The molecule has 0 spiro atoms. The lowest BCUT2D eigenvalue weighted by atomic mass is 10.0. The van der Waals surface area contributed by atoms with Crippen LogP contribution in [0.1, 0.15) is 36.5 Å². The number of ether oxygens (including phenoxy) is 2. The molecule has 0 bridgehead atoms. The van der Waals surface area contributed by atoms with E-state index in [0.717, 1.165) is 12.8 Å². The molecule has 1 heterocycles. The van der Waals surface area contributed by atoms with Gasteiger partial charge in [-0.15, -0.1) is 0 Å². The number of hydrogen-bond donors (Lipinski definition) is 0. The monoisotopic (exact) mass is 364 g/mol. The highest BCUT2D eigenvalue weighted by Gasteiger charge is 2.33. The molecule has 1 aromatic carbocycles. The highest BCUT2D eigenvalue weighted by atomic mass is 16.6. The Hall–Kier alpha value is -2.97. The van der Waals surface area contributed by atoms with Crippen molar-refractivity contribution in [2.75, 3.05) is 19.8 Å². The van der Waals surface area contributed by atoms with Crippen molar-refractivity contribution in [3.63, 3.8) is 0 Å². The first-order valence-corrected chi connectivity index (χ1v) is 8.31. The summed E-state index contributed by atoms with van der Waals surface area (Å²) < 4.78 is 9.97. The van der Waals surface area contributed by atoms with Crippen LogP contribution in [-0.2, 0) is 19.1 Å². The highest BCUT2D eigenvalue weighted by Crippen LogP contribution is 2.19. The number of nitrogens with zero attached hydrogens (tertiary/aromatic N) is 2. The van der Waals surface area contributed by atoms with Gasteiger partial charge < -0.3 is 14.4 Å². The molecule has 1 atom stereocenters. The first kappa shape index (κ1) is 19.4. The third-order valence-electron chi connectivity index (χ3n) is 4.02. The number of carbonyl (C=O) groups excluding carboxylic acids is 3. The third-order valence-corrected chi connectivity index (χ3v) is 4.02. The molecule has 1 fully saturated rings. The van der Waals surface area contributed by atoms with Gasteiger partial charge in [0.1, 0.15) is 6.04 Å². The maximum atomic E-state index is 12.3. The highest BCUT2D eigenvalue weighted by molar-refractivity contribution is 5.92. The Morgan fingerprint density at radius 3 is 2.50 bits per heavy atom. The SMILES string of the molecule is CCOC(=O)[C@H]1CCCCN1C(=O)COC(=O)c1ccc([N+](=O)[O-])cc1. The van der Waals surface area contributed by atoms with Crippen molar-refractivity contribution < 1.29 is 28.8 Å². The molecule has 1 aliphatic heterocycles. The zero-order valence-electron chi connectivity index (χ0n) is 14.4. The van der Waals surface area contributed by atoms with E-state index in [0.29, 0.717) is 13.0 Å². The van der Waals surface area contributed by atoms with Crippen LogP contribution in [0.5, 0.6) is 0 Å². The zero-order valence-corrected chi connectivity index (χ0v) is 14.4. The van der Waals surface area contributed by atoms with Gasteiger partial charge in [0.05, 0.1) is 17.1 Å². The summed E-state index contributed by atoms with van der Waals surface area (Å²) in [5.41, 5.74) is -0.0489. The molecular weight excluding hydrogens is 344 g/mol. The lowest BCUT2D eigenvalue weighted by molar-refractivity contribution is -0.384. The third kappa shape index (κ3) is 4.78. The van der Waals surface area contributed by atoms with Gasteiger partial charge in [-0.1, -0.05) is 0 Å². The van der Waals surface area contributed by atoms with Gasteiger partial charge in [-0.05, 0) is 38.3 Å². The van der Waals surface area contributed by atoms with Gasteiger partial charge >= 0.3 is 11.9 Å². The van der Waals surface area contributed by atoms with Crippen LogP contribution in [0.15, 0.2) is 24.3 Å². The smallest absolute Gasteiger partial charge is 0.338 e. The molecule has 9 nitrogen and oxygen atoms in total. The Morgan fingerprint density at radius 2 is 1.88 bits per heavy atom. The molecular formula is C17H20N2O7. The summed E-state index contributed by atoms with van der Waals surface area (Å²) in [6, 6.07) is 4.22. The average Bonchev–Trinajstić information content (AvgIpc) is 2.66. The summed E-state index contributed by atoms with van der Waals surface area (Å²) in [6.45, 7) is 1.81. The summed E-state index contributed by atoms with van der Waals surface area (Å²) >= 11 is 0. The van der Waals surface area contributed by atoms with Crippen LogP contribution < -0.4 is 0 Å². The van der Waals surface area contributed by atoms with Crippen molar-refractivity contribution in [3.8, 4) is 0 Å². The average molecular weight is 364 g/mol. The van der Waals surface area contributed by atoms with E-state index in [-0.39, 0.29) is 17.9 Å². The van der Waals surface area contributed by atoms with Gasteiger partial charge in [0.2, 0.25) is 0 Å². The van der Waals surface area contributed by atoms with E-state index in [4.69, 9.17) is 9.47 Å². The van der Waals surface area contributed by atoms with E-state index in [1.807, 2.05) is 0 Å². The van der Waals surface area contributed by atoms with E-state index in [1.54, 1.807) is 6.92 Å². The van der Waals surface area contributed by atoms with Crippen molar-refractivity contribution in [1.29, 1.82) is 0 Å². The Balaban J connectivity index is 1.94. The molecule has 0 unspecified atom stereocenters. The minimum Gasteiger partial charge on any atom is -0.464 e. The maximum absolute atomic E-state index is 12.3. The number of carbonyl (C=O) groups is 3. The summed E-state index contributed by atoms with van der Waals surface area (Å²) in [4.78, 5) is 47.7. The minimum absolute atomic E-state index is 0.101. The topological polar surface area (TPSA) is 116 Å². The Morgan fingerprint density at radius 1 is 1.19 bits per heavy atom. The predicted molar refractivity (Wildman–Crippen MR) is 89.4 cm³/mol. The molecule has 1 aliphatic rings. The molecule has 2 rings (SSSR count). The normalized spacial score (nSPS) is 16.7. The van der Waals surface area contributed by atoms with Crippen molar-refractivity contribution in [1.82, 2.24) is 4.90 Å². The second-order valence-electron chi connectivity index (χ2n) is 5.73. The molecule has 0 N–H and O–H groups in total. The van der Waals surface area contributed by atoms with Crippen LogP contribution in [0.25, 0.3) is 0 Å². The number of nitro groups is 1. The standard InChI is InChI=1S/C17H20N2O7/c1-2-25-17(22)14-5-3-4-10-18(14)15(20)11-26-16(21)12-6-8-13(9-7-12)19(23)24/h6-9,14H,2-5,10-11H2,1H3/t14-/m1/s1. The Bertz CT molecular complexity index is 687. The molecule has 1 aromatic rings. The van der Waals surface area contributed by atoms with Gasteiger partial charge in [-0.2, -0.15) is 0 Å². The number of amides is 1. The van der Waals surface area contributed by atoms with Crippen LogP contribution in [0.4, 0.5) is 5.69 Å². The summed E-state index contributed by atoms with van der Waals surface area (Å²) in [5, 5.41) is 10.6. The first-order chi connectivity index (χ1) is 12.4. The molecule has 0 aliphatic carbocycles. The number of hydrogen-bond acceptors (Lipinski definition) is 7. The molecule has 0 saturated carbocycles. The predicted octanol–water partition coefficient (Wildman–Crippen LogP) is 1.70. The van der Waals surface area contributed by atoms with Crippen LogP contribution in [-0.4, -0.2) is 53.5 Å². The molecule has 9 heteroatoms. The van der Waals surface area contributed by atoms with E-state index in [2.05, 4.69) is 0 Å². The van der Waals surface area contributed by atoms with Crippen molar-refractivity contribution in [2.45, 2.75) is 32.2 Å². The Kier molecular flexibility index (Phi) is 6.65. The summed E-state index contributed by atoms with van der Waals surface area (Å²) in [7, 11) is 0. The van der Waals surface area contributed by atoms with E-state index >= 15 is 0 Å². The second kappa shape index (κ2) is 8.93. The van der Waals surface area contributed by atoms with Crippen LogP contribution >= 0.6 is 0 Å². The number of non-ortho nitro benzene ring substituents is 1. The number of rotatable bonds is 6. The summed E-state index contributed by atoms with van der Waals surface area (Å²) in [6.07, 6.45) is 2.09. The van der Waals surface area contributed by atoms with Crippen molar-refractivity contribution in [3.05, 3.63) is 39.9 Å². The van der Waals surface area contributed by atoms with Gasteiger partial charge in [0, 0.05) is 18.7 Å². The van der Waals surface area contributed by atoms with Crippen LogP contribution in [0.2, 0.25) is 0 Å². The molecule has 1 saturated heterocycles. The van der Waals surface area contributed by atoms with Gasteiger partial charge in [-0.25, -0.2) is 9.59 Å². The number of likely N-dealkylation sites (tertiary alicyclic amines) is 1. The van der Waals surface area contributed by atoms with E-state index in [1.165, 1.54) is 29.2 Å². The fourth-order valence-electron chi connectivity index (χ4n) is 2.73. The van der Waals surface area contributed by atoms with Gasteiger partial charge in [-0.3, -0.25) is 14.9 Å². The fraction of sp³-hybridized carbons (Fsp3) is 0.471. The fourth-order valence-corrected chi connectivity index (χ4v) is 2.73. The zero-order chi connectivity index (χ0) is 19.1. The number of esters is 2. The first-order valence-electron chi connectivity index (χ1n) is 8.31. The number of piperidine rings is 1. The van der Waals surface area contributed by atoms with Crippen molar-refractivity contribution in [2.24, 2.45) is 0 Å². The largest absolute Gasteiger partial charge is 0.464 e. The summed E-state index contributed by atoms with van der Waals surface area (Å²) in [5.74, 6) is -1.70. The van der Waals surface area contributed by atoms with E-state index in [9.17, 15) is 24.5 Å². The molecule has 0 radical (unpaired) electrons. The quantitative estimate of drug-likeness (QED) is 0.428. The van der Waals surface area contributed by atoms with Gasteiger partial charge in [0.15, 0.2) is 6.61 Å². The van der Waals surface area contributed by atoms with Crippen LogP contribution in [0, 0.1) is 10.1 Å². The number of benzene rings is 1. The second-order valence-corrected chi connectivity index (χ2v) is 5.73. The van der Waals surface area contributed by atoms with Gasteiger partial charge in [0.25, 0.3) is 11.6 Å². The lowest BCUT2D eigenvalue weighted by Gasteiger charge is -2.33. The molecule has 26 heavy (non-hydrogen) atoms. The molecule has 0 aromatic heterocycles. The molecule has 140 valence electrons. The van der Waals surface area contributed by atoms with E-state index < -0.39 is 35.4 Å². The maximum Gasteiger partial charge on any atom is 0.338 e. The molecule has 1 amide bonds. The minimum atomic E-state index is -0.766. The lowest BCUT2D eigenvalue weighted by Crippen LogP contribution is -2.50. The Labute approximate surface area is 150 Å². The van der Waals surface area contributed by atoms with Crippen LogP contribution in [0.3, 0.4) is 0 Å².